The number of benzene rings is 7. The second-order valence-corrected chi connectivity index (χ2v) is 25.5. The fourth-order valence-electron chi connectivity index (χ4n) is 17.5. The van der Waals surface area contributed by atoms with Gasteiger partial charge in [0.2, 0.25) is 0 Å². The van der Waals surface area contributed by atoms with E-state index in [1.165, 1.54) is 120 Å². The molecule has 9 aliphatic carbocycles. The summed E-state index contributed by atoms with van der Waals surface area (Å²) in [4.78, 5) is 0. The zero-order valence-electron chi connectivity index (χ0n) is 45.3. The molecule has 7 aromatic rings. The van der Waals surface area contributed by atoms with Gasteiger partial charge in [-0.1, -0.05) is 198 Å². The van der Waals surface area contributed by atoms with Crippen molar-refractivity contribution < 1.29 is 0 Å². The first-order valence-corrected chi connectivity index (χ1v) is 29.2. The smallest absolute Gasteiger partial charge is 0.0170 e. The Morgan fingerprint density at radius 1 is 0.513 bits per heavy atom. The van der Waals surface area contributed by atoms with Crippen LogP contribution < -0.4 is 0 Å². The van der Waals surface area contributed by atoms with E-state index in [9.17, 15) is 0 Å². The van der Waals surface area contributed by atoms with Crippen LogP contribution >= 0.6 is 0 Å². The summed E-state index contributed by atoms with van der Waals surface area (Å²) in [6.45, 7) is 15.1. The summed E-state index contributed by atoms with van der Waals surface area (Å²) in [5.74, 6) is 1.38. The molecule has 0 amide bonds. The van der Waals surface area contributed by atoms with E-state index in [0.717, 1.165) is 25.7 Å². The van der Waals surface area contributed by atoms with Gasteiger partial charge in [0.25, 0.3) is 0 Å². The van der Waals surface area contributed by atoms with Gasteiger partial charge in [0.1, 0.15) is 0 Å². The molecule has 0 heterocycles. The maximum atomic E-state index is 2.77. The highest BCUT2D eigenvalue weighted by Crippen LogP contribution is 2.66. The lowest BCUT2D eigenvalue weighted by molar-refractivity contribution is 0.452. The monoisotopic (exact) mass is 981 g/mol. The van der Waals surface area contributed by atoms with Crippen LogP contribution in [0.2, 0.25) is 0 Å². The normalized spacial score (nSPS) is 25.2. The van der Waals surface area contributed by atoms with Crippen molar-refractivity contribution in [1.29, 1.82) is 0 Å². The maximum absolute atomic E-state index is 2.77. The predicted octanol–water partition coefficient (Wildman–Crippen LogP) is 19.5. The summed E-state index contributed by atoms with van der Waals surface area (Å²) in [6.07, 6.45) is 35.7. The van der Waals surface area contributed by atoms with Crippen molar-refractivity contribution in [2.45, 2.75) is 127 Å². The zero-order chi connectivity index (χ0) is 51.0. The van der Waals surface area contributed by atoms with Gasteiger partial charge in [-0.05, 0) is 221 Å². The molecule has 0 N–H and O–H groups in total. The average molecular weight is 981 g/mol. The highest BCUT2D eigenvalue weighted by atomic mass is 14.6. The maximum Gasteiger partial charge on any atom is 0.0170 e. The second kappa shape index (κ2) is 16.0. The summed E-state index contributed by atoms with van der Waals surface area (Å²) in [6, 6.07) is 43.1. The second-order valence-electron chi connectivity index (χ2n) is 25.5. The lowest BCUT2D eigenvalue weighted by Crippen LogP contribution is -2.29. The van der Waals surface area contributed by atoms with Gasteiger partial charge in [-0.3, -0.25) is 0 Å². The molecule has 0 bridgehead atoms. The molecule has 0 aliphatic heterocycles. The zero-order valence-corrected chi connectivity index (χ0v) is 45.3. The average Bonchev–Trinajstić information content (AvgIpc) is 4.02. The van der Waals surface area contributed by atoms with Gasteiger partial charge in [0.15, 0.2) is 0 Å². The molecule has 0 heteroatoms. The Labute approximate surface area is 450 Å². The van der Waals surface area contributed by atoms with Crippen LogP contribution in [-0.4, -0.2) is 0 Å². The van der Waals surface area contributed by atoms with Crippen molar-refractivity contribution >= 4 is 27.6 Å². The molecule has 0 spiro atoms. The minimum absolute atomic E-state index is 0.0561. The van der Waals surface area contributed by atoms with Crippen molar-refractivity contribution in [2.75, 3.05) is 0 Å². The quantitative estimate of drug-likeness (QED) is 0.165. The molecular formula is C76H68. The third-order valence-corrected chi connectivity index (χ3v) is 21.3. The molecule has 76 heavy (non-hydrogen) atoms. The van der Waals surface area contributed by atoms with Gasteiger partial charge in [-0.2, -0.15) is 0 Å². The van der Waals surface area contributed by atoms with E-state index < -0.39 is 0 Å². The lowest BCUT2D eigenvalue weighted by Gasteiger charge is -2.41. The molecule has 5 atom stereocenters. The summed E-state index contributed by atoms with van der Waals surface area (Å²) in [7, 11) is 0. The van der Waals surface area contributed by atoms with Crippen LogP contribution in [0.4, 0.5) is 0 Å². The highest BCUT2D eigenvalue weighted by molar-refractivity contribution is 6.04. The van der Waals surface area contributed by atoms with Gasteiger partial charge in [-0.15, -0.1) is 0 Å². The van der Waals surface area contributed by atoms with E-state index in [0.29, 0.717) is 17.8 Å². The van der Waals surface area contributed by atoms with Crippen molar-refractivity contribution in [3.63, 3.8) is 0 Å². The van der Waals surface area contributed by atoms with Gasteiger partial charge < -0.3 is 0 Å². The minimum Gasteiger partial charge on any atom is -0.0842 e. The number of rotatable bonds is 4. The van der Waals surface area contributed by atoms with Crippen LogP contribution in [0.25, 0.3) is 61.0 Å². The van der Waals surface area contributed by atoms with Crippen LogP contribution in [0.15, 0.2) is 197 Å². The summed E-state index contributed by atoms with van der Waals surface area (Å²) < 4.78 is 0. The van der Waals surface area contributed by atoms with E-state index >= 15 is 0 Å². The third-order valence-electron chi connectivity index (χ3n) is 21.3. The standard InChI is InChI=1S/C76H68/c1-7-76(6)67-40-59(46-36-37-54-53-30-20-21-35-63(53)74(2,3)64(54)39-46)49-26-12-16-31-55(49)72(67)73-57-33-18-14-28-51(57)61(42-68(73)76)60-41-65-70(56-32-17-13-27-50(56)60)71-58-34-19-15-29-52(58)62(43-66(71)75(65,4)5)69-47-24-10-8-22-44(47)38-45-23-9-11-25-48(45)69/h8-10,12-14,16-17,20-24,26-28,30-32,35-43,56-57,70,73H,7,11,15,18-19,25,29,33-34H2,1-6H3. The molecule has 16 rings (SSSR count). The van der Waals surface area contributed by atoms with Crippen LogP contribution in [-0.2, 0) is 35.5 Å². The minimum atomic E-state index is -0.138. The van der Waals surface area contributed by atoms with Crippen molar-refractivity contribution in [2.24, 2.45) is 11.8 Å². The molecule has 0 saturated carbocycles. The van der Waals surface area contributed by atoms with Crippen LogP contribution in [0.5, 0.6) is 0 Å². The molecule has 372 valence electrons. The molecule has 5 unspecified atom stereocenters. The summed E-state index contributed by atoms with van der Waals surface area (Å²) in [5, 5.41) is 5.62. The number of hydrogen-bond acceptors (Lipinski definition) is 0. The Morgan fingerprint density at radius 3 is 2.12 bits per heavy atom. The van der Waals surface area contributed by atoms with E-state index in [2.05, 4.69) is 211 Å². The Morgan fingerprint density at radius 2 is 1.25 bits per heavy atom. The van der Waals surface area contributed by atoms with Crippen LogP contribution in [0.3, 0.4) is 0 Å². The van der Waals surface area contributed by atoms with Crippen molar-refractivity contribution in [1.82, 2.24) is 0 Å². The number of allylic oxidation sites excluding steroid dienone is 15. The summed E-state index contributed by atoms with van der Waals surface area (Å²) >= 11 is 0. The number of fused-ring (bicyclic) bond motifs is 19. The van der Waals surface area contributed by atoms with E-state index in [-0.39, 0.29) is 22.2 Å². The first-order valence-electron chi connectivity index (χ1n) is 29.2. The molecule has 9 aliphatic rings. The first-order chi connectivity index (χ1) is 37.1. The van der Waals surface area contributed by atoms with Gasteiger partial charge >= 0.3 is 0 Å². The SMILES string of the molecule is CCC1(C)C2=CC(C3=C4C=CC=CC4C4C(=C3)C(C)(C)c3cc(-c5c6c(cc7ccccc57)C=CCC6)c5c(c34)CCCC5)=C3C=CCCC3C2c2c1cc(-c1ccc3c(c1)C(C)(C)c1ccccc1-3)c1ccccc21. The lowest BCUT2D eigenvalue weighted by atomic mass is 9.63. The van der Waals surface area contributed by atoms with Crippen molar-refractivity contribution in [3.05, 3.63) is 253 Å². The van der Waals surface area contributed by atoms with Crippen LogP contribution in [0.1, 0.15) is 148 Å². The third kappa shape index (κ3) is 5.92. The fourth-order valence-corrected chi connectivity index (χ4v) is 17.5. The molecule has 0 aromatic heterocycles. The van der Waals surface area contributed by atoms with Gasteiger partial charge in [0.05, 0.1) is 0 Å². The molecule has 0 saturated heterocycles. The largest absolute Gasteiger partial charge is 0.0842 e. The van der Waals surface area contributed by atoms with Gasteiger partial charge in [-0.25, -0.2) is 0 Å². The Hall–Kier alpha value is -7.02. The van der Waals surface area contributed by atoms with E-state index in [1.54, 1.807) is 55.7 Å². The fraction of sp³-hybridized carbons (Fsp3) is 0.289. The molecule has 0 fully saturated rings. The van der Waals surface area contributed by atoms with Gasteiger partial charge in [0, 0.05) is 34.0 Å². The topological polar surface area (TPSA) is 0 Å². The Kier molecular flexibility index (Phi) is 9.53. The molecule has 0 radical (unpaired) electrons. The van der Waals surface area contributed by atoms with E-state index in [4.69, 9.17) is 0 Å². The Balaban J connectivity index is 0.874. The van der Waals surface area contributed by atoms with E-state index in [1.807, 2.05) is 0 Å². The Bertz CT molecular complexity index is 4060. The van der Waals surface area contributed by atoms with Crippen molar-refractivity contribution in [3.8, 4) is 33.4 Å². The molecular weight excluding hydrogens is 913 g/mol. The van der Waals surface area contributed by atoms with Crippen LogP contribution in [0, 0.1) is 11.8 Å². The highest BCUT2D eigenvalue weighted by Gasteiger charge is 2.53. The first kappa shape index (κ1) is 45.2. The molecule has 7 aromatic carbocycles. The number of hydrogen-bond donors (Lipinski definition) is 0. The molecule has 0 nitrogen and oxygen atoms in total. The summed E-state index contributed by atoms with van der Waals surface area (Å²) in [5.41, 5.74) is 33.1. The predicted molar refractivity (Wildman–Crippen MR) is 320 cm³/mol.